The standard InChI is InChI=1S/C13H16ClNOS/c1-9-10(2)17-6-5-15(9)12-4-3-11(8-16)13(14)7-12/h3-4,7-10H,5-6H2,1-2H3. The zero-order chi connectivity index (χ0) is 12.4. The fourth-order valence-corrected chi connectivity index (χ4v) is 3.41. The Bertz CT molecular complexity index is 424. The molecule has 4 heteroatoms. The molecule has 0 N–H and O–H groups in total. The zero-order valence-electron chi connectivity index (χ0n) is 10.0. The first-order valence-corrected chi connectivity index (χ1v) is 7.19. The van der Waals surface area contributed by atoms with Crippen molar-refractivity contribution in [2.75, 3.05) is 17.2 Å². The number of nitrogens with zero attached hydrogens (tertiary/aromatic N) is 1. The minimum Gasteiger partial charge on any atom is -0.367 e. The normalized spacial score (nSPS) is 24.8. The molecular weight excluding hydrogens is 254 g/mol. The molecule has 2 unspecified atom stereocenters. The smallest absolute Gasteiger partial charge is 0.151 e. The van der Waals surface area contributed by atoms with Gasteiger partial charge in [-0.3, -0.25) is 4.79 Å². The summed E-state index contributed by atoms with van der Waals surface area (Å²) in [6, 6.07) is 6.16. The van der Waals surface area contributed by atoms with Gasteiger partial charge in [-0.15, -0.1) is 0 Å². The van der Waals surface area contributed by atoms with Crippen LogP contribution in [0.25, 0.3) is 0 Å². The van der Waals surface area contributed by atoms with Gasteiger partial charge in [0.15, 0.2) is 6.29 Å². The highest BCUT2D eigenvalue weighted by atomic mass is 35.5. The van der Waals surface area contributed by atoms with Crippen molar-refractivity contribution in [3.05, 3.63) is 28.8 Å². The van der Waals surface area contributed by atoms with E-state index in [1.807, 2.05) is 23.9 Å². The number of hydrogen-bond acceptors (Lipinski definition) is 3. The molecule has 1 heterocycles. The lowest BCUT2D eigenvalue weighted by atomic mass is 10.1. The van der Waals surface area contributed by atoms with Crippen LogP contribution < -0.4 is 4.90 Å². The van der Waals surface area contributed by atoms with Gasteiger partial charge in [-0.05, 0) is 25.1 Å². The lowest BCUT2D eigenvalue weighted by Gasteiger charge is -2.39. The number of rotatable bonds is 2. The van der Waals surface area contributed by atoms with Gasteiger partial charge in [0.25, 0.3) is 0 Å². The van der Waals surface area contributed by atoms with Crippen LogP contribution in [0, 0.1) is 0 Å². The molecule has 17 heavy (non-hydrogen) atoms. The maximum atomic E-state index is 10.7. The molecule has 1 aromatic rings. The van der Waals surface area contributed by atoms with Crippen molar-refractivity contribution in [1.82, 2.24) is 0 Å². The number of thioether (sulfide) groups is 1. The molecule has 2 rings (SSSR count). The molecule has 92 valence electrons. The van der Waals surface area contributed by atoms with Crippen LogP contribution in [0.4, 0.5) is 5.69 Å². The Morgan fingerprint density at radius 1 is 1.47 bits per heavy atom. The third-order valence-corrected chi connectivity index (χ3v) is 4.99. The summed E-state index contributed by atoms with van der Waals surface area (Å²) in [6.45, 7) is 5.52. The summed E-state index contributed by atoms with van der Waals surface area (Å²) in [7, 11) is 0. The predicted octanol–water partition coefficient (Wildman–Crippen LogP) is 3.48. The van der Waals surface area contributed by atoms with Crippen molar-refractivity contribution in [2.45, 2.75) is 25.1 Å². The van der Waals surface area contributed by atoms with Crippen molar-refractivity contribution >= 4 is 35.3 Å². The van der Waals surface area contributed by atoms with E-state index in [0.29, 0.717) is 21.9 Å². The number of benzene rings is 1. The summed E-state index contributed by atoms with van der Waals surface area (Å²) < 4.78 is 0. The molecule has 2 atom stereocenters. The second-order valence-electron chi connectivity index (χ2n) is 4.33. The molecule has 0 bridgehead atoms. The zero-order valence-corrected chi connectivity index (χ0v) is 11.6. The minimum atomic E-state index is 0.492. The van der Waals surface area contributed by atoms with E-state index < -0.39 is 0 Å². The Morgan fingerprint density at radius 2 is 2.24 bits per heavy atom. The average molecular weight is 270 g/mol. The fourth-order valence-electron chi connectivity index (χ4n) is 2.09. The highest BCUT2D eigenvalue weighted by Crippen LogP contribution is 2.31. The number of carbonyl (C=O) groups excluding carboxylic acids is 1. The van der Waals surface area contributed by atoms with Gasteiger partial charge in [0.1, 0.15) is 0 Å². The summed E-state index contributed by atoms with van der Waals surface area (Å²) in [4.78, 5) is 13.1. The first-order chi connectivity index (χ1) is 8.13. The van der Waals surface area contributed by atoms with Gasteiger partial charge in [0.05, 0.1) is 5.02 Å². The lowest BCUT2D eigenvalue weighted by Crippen LogP contribution is -2.44. The van der Waals surface area contributed by atoms with E-state index in [4.69, 9.17) is 11.6 Å². The molecule has 1 fully saturated rings. The van der Waals surface area contributed by atoms with E-state index in [1.165, 1.54) is 0 Å². The van der Waals surface area contributed by atoms with Gasteiger partial charge < -0.3 is 4.90 Å². The van der Waals surface area contributed by atoms with Crippen molar-refractivity contribution in [3.8, 4) is 0 Å². The second kappa shape index (κ2) is 5.32. The fraction of sp³-hybridized carbons (Fsp3) is 0.462. The van der Waals surface area contributed by atoms with E-state index in [0.717, 1.165) is 24.3 Å². The third-order valence-electron chi connectivity index (χ3n) is 3.33. The molecule has 1 aliphatic heterocycles. The maximum absolute atomic E-state index is 10.7. The summed E-state index contributed by atoms with van der Waals surface area (Å²) in [5, 5.41) is 1.16. The second-order valence-corrected chi connectivity index (χ2v) is 6.23. The molecule has 0 aliphatic carbocycles. The Hall–Kier alpha value is -0.670. The number of halogens is 1. The van der Waals surface area contributed by atoms with Gasteiger partial charge >= 0.3 is 0 Å². The predicted molar refractivity (Wildman–Crippen MR) is 75.6 cm³/mol. The molecule has 0 saturated carbocycles. The molecule has 1 aromatic carbocycles. The summed E-state index contributed by atoms with van der Waals surface area (Å²) >= 11 is 8.08. The minimum absolute atomic E-state index is 0.492. The highest BCUT2D eigenvalue weighted by Gasteiger charge is 2.25. The van der Waals surface area contributed by atoms with Gasteiger partial charge in [-0.2, -0.15) is 11.8 Å². The third kappa shape index (κ3) is 2.61. The van der Waals surface area contributed by atoms with Crippen molar-refractivity contribution in [1.29, 1.82) is 0 Å². The van der Waals surface area contributed by atoms with Crippen LogP contribution in [-0.2, 0) is 0 Å². The topological polar surface area (TPSA) is 20.3 Å². The van der Waals surface area contributed by atoms with E-state index in [-0.39, 0.29) is 0 Å². The molecule has 0 aromatic heterocycles. The summed E-state index contributed by atoms with van der Waals surface area (Å²) in [6.07, 6.45) is 0.796. The molecule has 0 radical (unpaired) electrons. The molecule has 1 aliphatic rings. The first kappa shape index (κ1) is 12.8. The monoisotopic (exact) mass is 269 g/mol. The summed E-state index contributed by atoms with van der Waals surface area (Å²) in [5.41, 5.74) is 1.67. The van der Waals surface area contributed by atoms with E-state index >= 15 is 0 Å². The van der Waals surface area contributed by atoms with Gasteiger partial charge in [-0.1, -0.05) is 18.5 Å². The maximum Gasteiger partial charge on any atom is 0.151 e. The van der Waals surface area contributed by atoms with Crippen LogP contribution in [-0.4, -0.2) is 29.9 Å². The van der Waals surface area contributed by atoms with Gasteiger partial charge in [0.2, 0.25) is 0 Å². The largest absolute Gasteiger partial charge is 0.367 e. The van der Waals surface area contributed by atoms with Crippen LogP contribution in [0.3, 0.4) is 0 Å². The van der Waals surface area contributed by atoms with Crippen LogP contribution in [0.1, 0.15) is 24.2 Å². The Kier molecular flexibility index (Phi) is 4.00. The average Bonchev–Trinajstić information content (AvgIpc) is 2.32. The Morgan fingerprint density at radius 3 is 2.88 bits per heavy atom. The van der Waals surface area contributed by atoms with E-state index in [2.05, 4.69) is 18.7 Å². The molecule has 2 nitrogen and oxygen atoms in total. The number of hydrogen-bond donors (Lipinski definition) is 0. The molecule has 0 spiro atoms. The Labute approximate surface area is 111 Å². The van der Waals surface area contributed by atoms with Crippen molar-refractivity contribution in [2.24, 2.45) is 0 Å². The van der Waals surface area contributed by atoms with Gasteiger partial charge in [0, 0.05) is 34.8 Å². The highest BCUT2D eigenvalue weighted by molar-refractivity contribution is 8.00. The molecule has 0 amide bonds. The van der Waals surface area contributed by atoms with Crippen molar-refractivity contribution < 1.29 is 4.79 Å². The quantitative estimate of drug-likeness (QED) is 0.767. The van der Waals surface area contributed by atoms with Crippen LogP contribution >= 0.6 is 23.4 Å². The summed E-state index contributed by atoms with van der Waals surface area (Å²) in [5.74, 6) is 1.14. The van der Waals surface area contributed by atoms with Crippen LogP contribution in [0.2, 0.25) is 5.02 Å². The van der Waals surface area contributed by atoms with Crippen LogP contribution in [0.15, 0.2) is 18.2 Å². The Balaban J connectivity index is 2.27. The lowest BCUT2D eigenvalue weighted by molar-refractivity contribution is 0.112. The van der Waals surface area contributed by atoms with Crippen molar-refractivity contribution in [3.63, 3.8) is 0 Å². The number of anilines is 1. The SMILES string of the molecule is CC1SCCN(c2ccc(C=O)c(Cl)c2)C1C. The number of carbonyl (C=O) groups is 1. The van der Waals surface area contributed by atoms with E-state index in [1.54, 1.807) is 6.07 Å². The first-order valence-electron chi connectivity index (χ1n) is 5.76. The van der Waals surface area contributed by atoms with E-state index in [9.17, 15) is 4.79 Å². The number of aldehydes is 1. The molecular formula is C13H16ClNOS. The van der Waals surface area contributed by atoms with Gasteiger partial charge in [-0.25, -0.2) is 0 Å². The van der Waals surface area contributed by atoms with Crippen LogP contribution in [0.5, 0.6) is 0 Å². The molecule has 1 saturated heterocycles.